The maximum absolute atomic E-state index is 6.20. The minimum absolute atomic E-state index is 0.0909. The van der Waals surface area contributed by atoms with E-state index in [2.05, 4.69) is 37.7 Å². The van der Waals surface area contributed by atoms with Gasteiger partial charge in [0.25, 0.3) is 0 Å². The summed E-state index contributed by atoms with van der Waals surface area (Å²) in [5.41, 5.74) is -0.0909. The molecular formula is C13H18BrN3O2. The molecule has 1 atom stereocenters. The van der Waals surface area contributed by atoms with E-state index in [9.17, 15) is 0 Å². The second kappa shape index (κ2) is 5.34. The standard InChI is InChI=1S/C13H18BrN3O2/c1-10-8-17(12-15-6-11(14)7-16-12)9-13(19-10)2-4-18-5-3-13/h6-7,10H,2-5,8-9H2,1H3/t10-/m1/s1. The summed E-state index contributed by atoms with van der Waals surface area (Å²) in [4.78, 5) is 11.0. The van der Waals surface area contributed by atoms with Crippen molar-refractivity contribution in [2.24, 2.45) is 0 Å². The van der Waals surface area contributed by atoms with E-state index >= 15 is 0 Å². The Morgan fingerprint density at radius 2 is 2.00 bits per heavy atom. The smallest absolute Gasteiger partial charge is 0.225 e. The fraction of sp³-hybridized carbons (Fsp3) is 0.692. The highest BCUT2D eigenvalue weighted by atomic mass is 79.9. The maximum atomic E-state index is 6.20. The maximum Gasteiger partial charge on any atom is 0.225 e. The van der Waals surface area contributed by atoms with Crippen LogP contribution in [0.3, 0.4) is 0 Å². The molecule has 3 heterocycles. The quantitative estimate of drug-likeness (QED) is 0.789. The Morgan fingerprint density at radius 3 is 2.68 bits per heavy atom. The number of rotatable bonds is 1. The second-order valence-electron chi connectivity index (χ2n) is 5.31. The number of morpholine rings is 1. The summed E-state index contributed by atoms with van der Waals surface area (Å²) in [6, 6.07) is 0. The van der Waals surface area contributed by atoms with E-state index in [1.165, 1.54) is 0 Å². The predicted molar refractivity (Wildman–Crippen MR) is 75.3 cm³/mol. The summed E-state index contributed by atoms with van der Waals surface area (Å²) in [5, 5.41) is 0. The zero-order chi connectivity index (χ0) is 13.3. The van der Waals surface area contributed by atoms with E-state index in [4.69, 9.17) is 9.47 Å². The SMILES string of the molecule is C[C@@H]1CN(c2ncc(Br)cn2)CC2(CCOCC2)O1. The fourth-order valence-corrected chi connectivity index (χ4v) is 3.07. The summed E-state index contributed by atoms with van der Waals surface area (Å²) in [6.45, 7) is 5.36. The lowest BCUT2D eigenvalue weighted by Gasteiger charge is -2.47. The summed E-state index contributed by atoms with van der Waals surface area (Å²) >= 11 is 3.37. The number of aromatic nitrogens is 2. The molecular weight excluding hydrogens is 310 g/mol. The van der Waals surface area contributed by atoms with Gasteiger partial charge in [0.1, 0.15) is 0 Å². The second-order valence-corrected chi connectivity index (χ2v) is 6.22. The molecule has 2 aliphatic rings. The van der Waals surface area contributed by atoms with Crippen LogP contribution in [-0.4, -0.2) is 48.0 Å². The van der Waals surface area contributed by atoms with Gasteiger partial charge in [0.15, 0.2) is 0 Å². The molecule has 104 valence electrons. The summed E-state index contributed by atoms with van der Waals surface area (Å²) in [7, 11) is 0. The van der Waals surface area contributed by atoms with Crippen LogP contribution in [0.5, 0.6) is 0 Å². The van der Waals surface area contributed by atoms with Crippen molar-refractivity contribution >= 4 is 21.9 Å². The number of nitrogens with zero attached hydrogens (tertiary/aromatic N) is 3. The van der Waals surface area contributed by atoms with Gasteiger partial charge >= 0.3 is 0 Å². The lowest BCUT2D eigenvalue weighted by molar-refractivity contribution is -0.146. The van der Waals surface area contributed by atoms with Crippen molar-refractivity contribution in [3.63, 3.8) is 0 Å². The van der Waals surface area contributed by atoms with Crippen molar-refractivity contribution < 1.29 is 9.47 Å². The van der Waals surface area contributed by atoms with Gasteiger partial charge in [-0.3, -0.25) is 0 Å². The van der Waals surface area contributed by atoms with Crippen LogP contribution >= 0.6 is 15.9 Å². The van der Waals surface area contributed by atoms with Gasteiger partial charge in [-0.05, 0) is 22.9 Å². The van der Waals surface area contributed by atoms with Crippen molar-refractivity contribution in [2.45, 2.75) is 31.5 Å². The van der Waals surface area contributed by atoms with Crippen LogP contribution in [0.2, 0.25) is 0 Å². The van der Waals surface area contributed by atoms with Gasteiger partial charge in [-0.1, -0.05) is 0 Å². The Labute approximate surface area is 121 Å². The van der Waals surface area contributed by atoms with Crippen molar-refractivity contribution in [1.82, 2.24) is 9.97 Å². The first-order valence-corrected chi connectivity index (χ1v) is 7.44. The zero-order valence-electron chi connectivity index (χ0n) is 11.0. The van der Waals surface area contributed by atoms with Gasteiger partial charge < -0.3 is 14.4 Å². The zero-order valence-corrected chi connectivity index (χ0v) is 12.6. The number of hydrogen-bond donors (Lipinski definition) is 0. The molecule has 2 fully saturated rings. The molecule has 0 unspecified atom stereocenters. The van der Waals surface area contributed by atoms with Crippen LogP contribution < -0.4 is 4.90 Å². The van der Waals surface area contributed by atoms with Gasteiger partial charge in [0, 0.05) is 45.0 Å². The van der Waals surface area contributed by atoms with Crippen LogP contribution in [0.4, 0.5) is 5.95 Å². The van der Waals surface area contributed by atoms with Crippen LogP contribution in [0.1, 0.15) is 19.8 Å². The molecule has 0 aromatic carbocycles. The third kappa shape index (κ3) is 2.90. The lowest BCUT2D eigenvalue weighted by Crippen LogP contribution is -2.57. The highest BCUT2D eigenvalue weighted by molar-refractivity contribution is 9.10. The molecule has 1 spiro atoms. The first kappa shape index (κ1) is 13.3. The molecule has 2 saturated heterocycles. The minimum atomic E-state index is -0.0909. The minimum Gasteiger partial charge on any atom is -0.381 e. The van der Waals surface area contributed by atoms with Gasteiger partial charge in [-0.15, -0.1) is 0 Å². The number of ether oxygens (including phenoxy) is 2. The van der Waals surface area contributed by atoms with E-state index in [1.807, 2.05) is 0 Å². The Bertz CT molecular complexity index is 434. The van der Waals surface area contributed by atoms with Crippen LogP contribution in [0.25, 0.3) is 0 Å². The van der Waals surface area contributed by atoms with Gasteiger partial charge in [0.2, 0.25) is 5.95 Å². The average molecular weight is 328 g/mol. The molecule has 0 N–H and O–H groups in total. The molecule has 6 heteroatoms. The molecule has 0 saturated carbocycles. The third-order valence-corrected chi connectivity index (χ3v) is 4.11. The normalized spacial score (nSPS) is 26.6. The lowest BCUT2D eigenvalue weighted by atomic mass is 9.91. The topological polar surface area (TPSA) is 47.5 Å². The van der Waals surface area contributed by atoms with Gasteiger partial charge in [0.05, 0.1) is 22.7 Å². The third-order valence-electron chi connectivity index (χ3n) is 3.70. The summed E-state index contributed by atoms with van der Waals surface area (Å²) in [6.07, 6.45) is 5.67. The molecule has 1 aromatic rings. The average Bonchev–Trinajstić information content (AvgIpc) is 2.39. The largest absolute Gasteiger partial charge is 0.381 e. The van der Waals surface area contributed by atoms with E-state index in [-0.39, 0.29) is 11.7 Å². The summed E-state index contributed by atoms with van der Waals surface area (Å²) < 4.78 is 12.6. The monoisotopic (exact) mass is 327 g/mol. The molecule has 0 aliphatic carbocycles. The van der Waals surface area contributed by atoms with E-state index in [1.54, 1.807) is 12.4 Å². The molecule has 0 radical (unpaired) electrons. The van der Waals surface area contributed by atoms with Crippen molar-refractivity contribution in [3.05, 3.63) is 16.9 Å². The van der Waals surface area contributed by atoms with E-state index in [0.717, 1.165) is 49.6 Å². The molecule has 2 aliphatic heterocycles. The first-order valence-electron chi connectivity index (χ1n) is 6.65. The predicted octanol–water partition coefficient (Wildman–Crippen LogP) is 2.01. The van der Waals surface area contributed by atoms with Crippen LogP contribution in [-0.2, 0) is 9.47 Å². The molecule has 0 bridgehead atoms. The van der Waals surface area contributed by atoms with Crippen LogP contribution in [0.15, 0.2) is 16.9 Å². The fourth-order valence-electron chi connectivity index (χ4n) is 2.86. The Balaban J connectivity index is 1.80. The molecule has 1 aromatic heterocycles. The molecule has 0 amide bonds. The summed E-state index contributed by atoms with van der Waals surface area (Å²) in [5.74, 6) is 0.782. The van der Waals surface area contributed by atoms with Gasteiger partial charge in [-0.2, -0.15) is 0 Å². The Hall–Kier alpha value is -0.720. The van der Waals surface area contributed by atoms with E-state index < -0.39 is 0 Å². The highest BCUT2D eigenvalue weighted by Gasteiger charge is 2.41. The number of halogens is 1. The highest BCUT2D eigenvalue weighted by Crippen LogP contribution is 2.32. The molecule has 5 nitrogen and oxygen atoms in total. The van der Waals surface area contributed by atoms with Crippen molar-refractivity contribution in [3.8, 4) is 0 Å². The van der Waals surface area contributed by atoms with E-state index in [0.29, 0.717) is 0 Å². The van der Waals surface area contributed by atoms with Crippen LogP contribution in [0, 0.1) is 0 Å². The molecule has 3 rings (SSSR count). The van der Waals surface area contributed by atoms with Gasteiger partial charge in [-0.25, -0.2) is 9.97 Å². The van der Waals surface area contributed by atoms with Crippen molar-refractivity contribution in [1.29, 1.82) is 0 Å². The number of hydrogen-bond acceptors (Lipinski definition) is 5. The Morgan fingerprint density at radius 1 is 1.32 bits per heavy atom. The molecule has 19 heavy (non-hydrogen) atoms. The van der Waals surface area contributed by atoms with Crippen molar-refractivity contribution in [2.75, 3.05) is 31.2 Å². The Kier molecular flexibility index (Phi) is 3.73. The first-order chi connectivity index (χ1) is 9.17. The number of anilines is 1.